The van der Waals surface area contributed by atoms with Crippen molar-refractivity contribution in [2.45, 2.75) is 13.3 Å². The standard InChI is InChI=1S/C20H17N3O.ClH/c1-2-20(24)22(15-11-13-21-14-12-15)23-18-9-5-3-7-16(18)17-8-4-6-10-19(17)23;/h3-14H,2H2,1H3;1H. The van der Waals surface area contributed by atoms with Crippen molar-refractivity contribution in [1.29, 1.82) is 0 Å². The number of hydrogen-bond donors (Lipinski definition) is 0. The normalized spacial score (nSPS) is 10.6. The molecule has 0 fully saturated rings. The monoisotopic (exact) mass is 351 g/mol. The highest BCUT2D eigenvalue weighted by Crippen LogP contribution is 2.31. The number of benzene rings is 2. The van der Waals surface area contributed by atoms with Crippen molar-refractivity contribution in [2.75, 3.05) is 5.01 Å². The zero-order chi connectivity index (χ0) is 16.5. The van der Waals surface area contributed by atoms with E-state index in [2.05, 4.69) is 17.1 Å². The molecule has 1 amide bonds. The number of carbonyl (C=O) groups excluding carboxylic acids is 1. The fourth-order valence-electron chi connectivity index (χ4n) is 3.12. The average molecular weight is 352 g/mol. The van der Waals surface area contributed by atoms with Gasteiger partial charge in [0.15, 0.2) is 0 Å². The molecule has 0 radical (unpaired) electrons. The maximum absolute atomic E-state index is 12.8. The van der Waals surface area contributed by atoms with E-state index in [1.54, 1.807) is 17.4 Å². The molecule has 5 heteroatoms. The van der Waals surface area contributed by atoms with Crippen LogP contribution >= 0.6 is 12.4 Å². The molecule has 2 heterocycles. The number of amides is 1. The largest absolute Gasteiger partial charge is 0.273 e. The minimum absolute atomic E-state index is 0. The summed E-state index contributed by atoms with van der Waals surface area (Å²) in [4.78, 5) is 16.9. The number of aromatic nitrogens is 2. The number of hydrogen-bond acceptors (Lipinski definition) is 2. The summed E-state index contributed by atoms with van der Waals surface area (Å²) in [7, 11) is 0. The molecule has 0 unspecified atom stereocenters. The molecule has 0 atom stereocenters. The first-order valence-electron chi connectivity index (χ1n) is 8.02. The van der Waals surface area contributed by atoms with Crippen LogP contribution in [0.3, 0.4) is 0 Å². The predicted octanol–water partition coefficient (Wildman–Crippen LogP) is 4.82. The summed E-state index contributed by atoms with van der Waals surface area (Å²) in [6, 6.07) is 20.0. The van der Waals surface area contributed by atoms with E-state index in [-0.39, 0.29) is 18.3 Å². The molecule has 0 bridgehead atoms. The molecule has 4 rings (SSSR count). The van der Waals surface area contributed by atoms with Crippen molar-refractivity contribution in [2.24, 2.45) is 0 Å². The number of carbonyl (C=O) groups is 1. The van der Waals surface area contributed by atoms with Gasteiger partial charge in [0, 0.05) is 29.6 Å². The summed E-state index contributed by atoms with van der Waals surface area (Å²) in [5.41, 5.74) is 2.83. The molecule has 0 spiro atoms. The van der Waals surface area contributed by atoms with Gasteiger partial charge in [-0.3, -0.25) is 9.78 Å². The molecule has 0 saturated carbocycles. The van der Waals surface area contributed by atoms with Gasteiger partial charge in [0.1, 0.15) is 0 Å². The van der Waals surface area contributed by atoms with Crippen LogP contribution in [-0.4, -0.2) is 15.6 Å². The quantitative estimate of drug-likeness (QED) is 0.531. The highest BCUT2D eigenvalue weighted by atomic mass is 35.5. The van der Waals surface area contributed by atoms with Gasteiger partial charge in [-0.05, 0) is 24.3 Å². The van der Waals surface area contributed by atoms with Crippen LogP contribution in [-0.2, 0) is 4.79 Å². The van der Waals surface area contributed by atoms with Gasteiger partial charge in [-0.25, -0.2) is 9.69 Å². The number of nitrogens with zero attached hydrogens (tertiary/aromatic N) is 3. The number of anilines is 1. The van der Waals surface area contributed by atoms with Crippen molar-refractivity contribution in [3.05, 3.63) is 73.1 Å². The smallest absolute Gasteiger partial charge is 0.245 e. The number of para-hydroxylation sites is 2. The van der Waals surface area contributed by atoms with Crippen molar-refractivity contribution in [1.82, 2.24) is 9.66 Å². The van der Waals surface area contributed by atoms with Crippen LogP contribution in [0.4, 0.5) is 5.69 Å². The number of rotatable bonds is 3. The summed E-state index contributed by atoms with van der Waals surface area (Å²) >= 11 is 0. The minimum atomic E-state index is 0. The van der Waals surface area contributed by atoms with Crippen LogP contribution in [0.1, 0.15) is 13.3 Å². The lowest BCUT2D eigenvalue weighted by Gasteiger charge is -2.25. The van der Waals surface area contributed by atoms with Gasteiger partial charge in [0.05, 0.1) is 16.7 Å². The average Bonchev–Trinajstić information content (AvgIpc) is 2.98. The first kappa shape index (κ1) is 17.0. The Morgan fingerprint density at radius 2 is 1.44 bits per heavy atom. The molecule has 0 N–H and O–H groups in total. The summed E-state index contributed by atoms with van der Waals surface area (Å²) in [5, 5.41) is 4.01. The Bertz CT molecular complexity index is 974. The van der Waals surface area contributed by atoms with E-state index in [0.717, 1.165) is 27.5 Å². The first-order valence-corrected chi connectivity index (χ1v) is 8.02. The van der Waals surface area contributed by atoms with Crippen LogP contribution < -0.4 is 5.01 Å². The van der Waals surface area contributed by atoms with E-state index >= 15 is 0 Å². The highest BCUT2D eigenvalue weighted by Gasteiger charge is 2.21. The van der Waals surface area contributed by atoms with Gasteiger partial charge in [-0.2, -0.15) is 0 Å². The third-order valence-corrected chi connectivity index (χ3v) is 4.20. The van der Waals surface area contributed by atoms with Gasteiger partial charge in [0.2, 0.25) is 5.91 Å². The van der Waals surface area contributed by atoms with E-state index in [9.17, 15) is 4.79 Å². The molecule has 0 aliphatic carbocycles. The lowest BCUT2D eigenvalue weighted by molar-refractivity contribution is -0.118. The Morgan fingerprint density at radius 3 is 1.96 bits per heavy atom. The lowest BCUT2D eigenvalue weighted by atomic mass is 10.2. The maximum Gasteiger partial charge on any atom is 0.245 e. The molecule has 0 saturated heterocycles. The number of halogens is 1. The molecular formula is C20H18ClN3O. The summed E-state index contributed by atoms with van der Waals surface area (Å²) in [5.74, 6) is 0.0349. The molecule has 4 nitrogen and oxygen atoms in total. The zero-order valence-corrected chi connectivity index (χ0v) is 14.6. The second kappa shape index (κ2) is 6.95. The van der Waals surface area contributed by atoms with Gasteiger partial charge in [0.25, 0.3) is 0 Å². The van der Waals surface area contributed by atoms with E-state index in [4.69, 9.17) is 0 Å². The minimum Gasteiger partial charge on any atom is -0.273 e. The first-order chi connectivity index (χ1) is 11.8. The van der Waals surface area contributed by atoms with Gasteiger partial charge in [-0.1, -0.05) is 43.3 Å². The fraction of sp³-hybridized carbons (Fsp3) is 0.100. The van der Waals surface area contributed by atoms with E-state index < -0.39 is 0 Å². The number of pyridine rings is 1. The molecule has 0 aliphatic heterocycles. The highest BCUT2D eigenvalue weighted by molar-refractivity contribution is 6.10. The van der Waals surface area contributed by atoms with Crippen molar-refractivity contribution in [3.8, 4) is 0 Å². The molecule has 0 aliphatic rings. The van der Waals surface area contributed by atoms with Crippen molar-refractivity contribution in [3.63, 3.8) is 0 Å². The van der Waals surface area contributed by atoms with Crippen LogP contribution in [0.5, 0.6) is 0 Å². The van der Waals surface area contributed by atoms with Gasteiger partial charge in [-0.15, -0.1) is 12.4 Å². The van der Waals surface area contributed by atoms with Crippen molar-refractivity contribution >= 4 is 45.8 Å². The Hall–Kier alpha value is -2.85. The Labute approximate surface area is 152 Å². The topological polar surface area (TPSA) is 38.1 Å². The molecule has 4 aromatic rings. The van der Waals surface area contributed by atoms with Crippen molar-refractivity contribution < 1.29 is 4.79 Å². The third kappa shape index (κ3) is 2.75. The lowest BCUT2D eigenvalue weighted by Crippen LogP contribution is -2.35. The van der Waals surface area contributed by atoms with E-state index in [1.165, 1.54) is 0 Å². The second-order valence-corrected chi connectivity index (χ2v) is 5.61. The summed E-state index contributed by atoms with van der Waals surface area (Å²) in [6.45, 7) is 1.88. The summed E-state index contributed by atoms with van der Waals surface area (Å²) < 4.78 is 2.01. The predicted molar refractivity (Wildman–Crippen MR) is 104 cm³/mol. The number of fused-ring (bicyclic) bond motifs is 3. The van der Waals surface area contributed by atoms with Gasteiger partial charge < -0.3 is 0 Å². The van der Waals surface area contributed by atoms with Crippen LogP contribution in [0.25, 0.3) is 21.8 Å². The van der Waals surface area contributed by atoms with Gasteiger partial charge >= 0.3 is 0 Å². The fourth-order valence-corrected chi connectivity index (χ4v) is 3.12. The SMILES string of the molecule is CCC(=O)N(c1ccncc1)n1c2ccccc2c2ccccc21.Cl. The second-order valence-electron chi connectivity index (χ2n) is 5.61. The molecule has 25 heavy (non-hydrogen) atoms. The zero-order valence-electron chi connectivity index (χ0n) is 13.8. The summed E-state index contributed by atoms with van der Waals surface area (Å²) in [6.07, 6.45) is 3.83. The molecule has 126 valence electrons. The molecular weight excluding hydrogens is 334 g/mol. The Morgan fingerprint density at radius 1 is 0.920 bits per heavy atom. The molecule has 2 aromatic heterocycles. The maximum atomic E-state index is 12.8. The van der Waals surface area contributed by atoms with E-state index in [1.807, 2.05) is 60.1 Å². The van der Waals surface area contributed by atoms with Crippen LogP contribution in [0.15, 0.2) is 73.1 Å². The Balaban J connectivity index is 0.00000182. The van der Waals surface area contributed by atoms with Crippen LogP contribution in [0, 0.1) is 0 Å². The Kier molecular flexibility index (Phi) is 4.72. The molecule has 2 aromatic carbocycles. The third-order valence-electron chi connectivity index (χ3n) is 4.20. The van der Waals surface area contributed by atoms with Crippen LogP contribution in [0.2, 0.25) is 0 Å². The van der Waals surface area contributed by atoms with E-state index in [0.29, 0.717) is 6.42 Å².